The quantitative estimate of drug-likeness (QED) is 0.224. The van der Waals surface area contributed by atoms with Crippen molar-refractivity contribution in [1.82, 2.24) is 10.6 Å². The average molecular weight is 644 g/mol. The molecule has 0 fully saturated rings. The second kappa shape index (κ2) is 12.2. The van der Waals surface area contributed by atoms with Gasteiger partial charge in [0.05, 0.1) is 28.7 Å². The molecule has 210 valence electrons. The molecule has 0 saturated carbocycles. The van der Waals surface area contributed by atoms with Crippen LogP contribution in [-0.2, 0) is 6.18 Å². The molecule has 0 aromatic heterocycles. The lowest BCUT2D eigenvalue weighted by molar-refractivity contribution is -0.140. The molecular weight excluding hydrogens is 626 g/mol. The van der Waals surface area contributed by atoms with Crippen molar-refractivity contribution in [2.24, 2.45) is 0 Å². The van der Waals surface area contributed by atoms with E-state index in [1.165, 1.54) is 6.92 Å². The van der Waals surface area contributed by atoms with Crippen molar-refractivity contribution in [3.05, 3.63) is 74.2 Å². The smallest absolute Gasteiger partial charge is 0.337 e. The number of hydrogen-bond donors (Lipinski definition) is 2. The molecular formula is C23H18BrClF10N2O. The van der Waals surface area contributed by atoms with Gasteiger partial charge < -0.3 is 5.32 Å². The Bertz CT molecular complexity index is 1180. The van der Waals surface area contributed by atoms with Crippen LogP contribution in [0, 0.1) is 0 Å². The third-order valence-corrected chi connectivity index (χ3v) is 6.23. The van der Waals surface area contributed by atoms with Crippen LogP contribution in [0.15, 0.2) is 46.9 Å². The fourth-order valence-corrected chi connectivity index (χ4v) is 3.72. The van der Waals surface area contributed by atoms with E-state index in [2.05, 4.69) is 21.2 Å². The van der Waals surface area contributed by atoms with Gasteiger partial charge in [0.2, 0.25) is 0 Å². The summed E-state index contributed by atoms with van der Waals surface area (Å²) in [5, 5.41) is 4.38. The molecule has 2 unspecified atom stereocenters. The number of hydrogen-bond acceptors (Lipinski definition) is 2. The minimum atomic E-state index is -5.22. The molecule has 0 aliphatic rings. The van der Waals surface area contributed by atoms with Gasteiger partial charge in [-0.15, -0.1) is 0 Å². The van der Waals surface area contributed by atoms with Crippen LogP contribution in [0.2, 0.25) is 5.02 Å². The van der Waals surface area contributed by atoms with Crippen LogP contribution in [0.5, 0.6) is 0 Å². The molecule has 0 aliphatic carbocycles. The molecule has 2 rings (SSSR count). The Morgan fingerprint density at radius 3 is 2.18 bits per heavy atom. The van der Waals surface area contributed by atoms with E-state index in [9.17, 15) is 48.7 Å². The molecule has 3 nitrogen and oxygen atoms in total. The minimum absolute atomic E-state index is 0.0766. The molecule has 0 saturated heterocycles. The number of carbonyl (C=O) groups excluding carboxylic acids is 1. The number of amides is 1. The van der Waals surface area contributed by atoms with Gasteiger partial charge in [-0.1, -0.05) is 23.7 Å². The Balaban J connectivity index is 2.38. The van der Waals surface area contributed by atoms with Gasteiger partial charge in [-0.25, -0.2) is 4.39 Å². The van der Waals surface area contributed by atoms with Gasteiger partial charge in [0.25, 0.3) is 5.91 Å². The van der Waals surface area contributed by atoms with Gasteiger partial charge in [-0.2, -0.15) is 39.5 Å². The highest BCUT2D eigenvalue weighted by Gasteiger charge is 2.41. The Morgan fingerprint density at radius 1 is 1.03 bits per heavy atom. The van der Waals surface area contributed by atoms with E-state index in [-0.39, 0.29) is 21.6 Å². The summed E-state index contributed by atoms with van der Waals surface area (Å²) >= 11 is 8.72. The number of carbonyl (C=O) groups is 1. The Labute approximate surface area is 223 Å². The maximum atomic E-state index is 14.9. The first-order chi connectivity index (χ1) is 17.3. The molecule has 2 atom stereocenters. The third-order valence-electron chi connectivity index (χ3n) is 5.02. The molecule has 0 heterocycles. The van der Waals surface area contributed by atoms with Crippen molar-refractivity contribution in [1.29, 1.82) is 0 Å². The maximum Gasteiger partial charge on any atom is 0.417 e. The molecule has 0 radical (unpaired) electrons. The first kappa shape index (κ1) is 31.9. The SMILES string of the molecule is CC(NCCC(F)(F)F)NC(=O)c1ccc(/C(F)=C/C(c2ccc(Cl)c(Br)c2)C(F)(F)F)cc1C(F)(F)F. The topological polar surface area (TPSA) is 41.1 Å². The summed E-state index contributed by atoms with van der Waals surface area (Å²) < 4.78 is 134. The van der Waals surface area contributed by atoms with E-state index in [4.69, 9.17) is 11.6 Å². The molecule has 1 amide bonds. The zero-order valence-corrected chi connectivity index (χ0v) is 21.4. The summed E-state index contributed by atoms with van der Waals surface area (Å²) in [6, 6.07) is 4.51. The zero-order valence-electron chi connectivity index (χ0n) is 19.1. The summed E-state index contributed by atoms with van der Waals surface area (Å²) in [6.45, 7) is 0.557. The average Bonchev–Trinajstić information content (AvgIpc) is 2.76. The molecule has 2 N–H and O–H groups in total. The zero-order chi connectivity index (χ0) is 29.1. The van der Waals surface area contributed by atoms with E-state index in [1.54, 1.807) is 0 Å². The Morgan fingerprint density at radius 2 is 1.66 bits per heavy atom. The van der Waals surface area contributed by atoms with Crippen LogP contribution in [0.3, 0.4) is 0 Å². The van der Waals surface area contributed by atoms with Crippen LogP contribution in [0.4, 0.5) is 43.9 Å². The van der Waals surface area contributed by atoms with Crippen LogP contribution in [0.1, 0.15) is 46.3 Å². The van der Waals surface area contributed by atoms with Crippen molar-refractivity contribution in [2.45, 2.75) is 44.0 Å². The van der Waals surface area contributed by atoms with Gasteiger partial charge in [-0.3, -0.25) is 10.1 Å². The van der Waals surface area contributed by atoms with Crippen molar-refractivity contribution in [3.8, 4) is 0 Å². The predicted molar refractivity (Wildman–Crippen MR) is 124 cm³/mol. The van der Waals surface area contributed by atoms with Gasteiger partial charge in [0, 0.05) is 16.6 Å². The number of rotatable bonds is 8. The lowest BCUT2D eigenvalue weighted by Gasteiger charge is -2.20. The van der Waals surface area contributed by atoms with Crippen molar-refractivity contribution < 1.29 is 48.7 Å². The molecule has 0 spiro atoms. The number of nitrogens with one attached hydrogen (secondary N) is 2. The monoisotopic (exact) mass is 642 g/mol. The van der Waals surface area contributed by atoms with Crippen LogP contribution < -0.4 is 10.6 Å². The molecule has 0 aliphatic heterocycles. The predicted octanol–water partition coefficient (Wildman–Crippen LogP) is 8.40. The number of alkyl halides is 9. The summed E-state index contributed by atoms with van der Waals surface area (Å²) in [5.41, 5.74) is -3.99. The van der Waals surface area contributed by atoms with E-state index in [0.717, 1.165) is 18.2 Å². The summed E-state index contributed by atoms with van der Waals surface area (Å²) in [4.78, 5) is 12.4. The largest absolute Gasteiger partial charge is 0.417 e. The minimum Gasteiger partial charge on any atom is -0.337 e. The van der Waals surface area contributed by atoms with Gasteiger partial charge in [0.1, 0.15) is 11.7 Å². The first-order valence-electron chi connectivity index (χ1n) is 10.5. The summed E-state index contributed by atoms with van der Waals surface area (Å²) in [5.74, 6) is -5.53. The number of allylic oxidation sites excluding steroid dienone is 1. The first-order valence-corrected chi connectivity index (χ1v) is 11.7. The second-order valence-electron chi connectivity index (χ2n) is 7.98. The maximum absolute atomic E-state index is 14.9. The standard InChI is InChI=1S/C23H18BrClF10N2O/c1-11(36-7-6-21(27,28)29)37-20(38)14-4-2-13(8-16(14)23(33,34)35)19(26)10-15(22(30,31)32)12-3-5-18(25)17(24)9-12/h2-5,8-11,15,36H,6-7H2,1H3,(H,37,38)/b19-10-. The van der Waals surface area contributed by atoms with Gasteiger partial charge in [-0.05, 0) is 58.8 Å². The highest BCUT2D eigenvalue weighted by Crippen LogP contribution is 2.41. The summed E-state index contributed by atoms with van der Waals surface area (Å²) in [6.07, 6.45) is -17.1. The number of benzene rings is 2. The van der Waals surface area contributed by atoms with Crippen molar-refractivity contribution in [3.63, 3.8) is 0 Å². The molecule has 15 heteroatoms. The fraction of sp³-hybridized carbons (Fsp3) is 0.348. The van der Waals surface area contributed by atoms with Crippen LogP contribution >= 0.6 is 27.5 Å². The lowest BCUT2D eigenvalue weighted by Crippen LogP contribution is -2.44. The van der Waals surface area contributed by atoms with E-state index >= 15 is 0 Å². The summed E-state index contributed by atoms with van der Waals surface area (Å²) in [7, 11) is 0. The van der Waals surface area contributed by atoms with E-state index in [1.807, 2.05) is 5.32 Å². The molecule has 2 aromatic rings. The van der Waals surface area contributed by atoms with Gasteiger partial charge in [0.15, 0.2) is 0 Å². The van der Waals surface area contributed by atoms with E-state index < -0.39 is 77.6 Å². The highest BCUT2D eigenvalue weighted by molar-refractivity contribution is 9.10. The van der Waals surface area contributed by atoms with Crippen molar-refractivity contribution in [2.75, 3.05) is 6.54 Å². The fourth-order valence-electron chi connectivity index (χ4n) is 3.21. The highest BCUT2D eigenvalue weighted by atomic mass is 79.9. The molecule has 0 bridgehead atoms. The normalized spacial score (nSPS) is 14.8. The van der Waals surface area contributed by atoms with E-state index in [0.29, 0.717) is 12.1 Å². The Hall–Kier alpha value is -2.32. The van der Waals surface area contributed by atoms with Gasteiger partial charge >= 0.3 is 18.5 Å². The molecule has 38 heavy (non-hydrogen) atoms. The molecule has 2 aromatic carbocycles. The lowest BCUT2D eigenvalue weighted by atomic mass is 9.95. The van der Waals surface area contributed by atoms with Crippen LogP contribution in [-0.4, -0.2) is 31.0 Å². The third kappa shape index (κ3) is 9.16. The van der Waals surface area contributed by atoms with Crippen molar-refractivity contribution >= 4 is 39.3 Å². The Kier molecular flexibility index (Phi) is 10.3. The second-order valence-corrected chi connectivity index (χ2v) is 9.24. The number of halogens is 12. The van der Waals surface area contributed by atoms with Crippen LogP contribution in [0.25, 0.3) is 5.83 Å².